The van der Waals surface area contributed by atoms with Crippen molar-refractivity contribution in [1.29, 1.82) is 0 Å². The van der Waals surface area contributed by atoms with Crippen molar-refractivity contribution in [1.82, 2.24) is 15.1 Å². The van der Waals surface area contributed by atoms with Crippen LogP contribution in [0.2, 0.25) is 0 Å². The fraction of sp³-hybridized carbons (Fsp3) is 0.393. The molecule has 0 aliphatic carbocycles. The van der Waals surface area contributed by atoms with Crippen LogP contribution in [-0.4, -0.2) is 52.0 Å². The predicted molar refractivity (Wildman–Crippen MR) is 140 cm³/mol. The third-order valence-electron chi connectivity index (χ3n) is 6.06. The monoisotopic (exact) mass is 473 g/mol. The van der Waals surface area contributed by atoms with E-state index in [2.05, 4.69) is 44.7 Å². The number of aromatic nitrogens is 2. The highest BCUT2D eigenvalue weighted by Crippen LogP contribution is 2.27. The van der Waals surface area contributed by atoms with Crippen molar-refractivity contribution >= 4 is 17.7 Å². The van der Waals surface area contributed by atoms with Gasteiger partial charge in [-0.2, -0.15) is 0 Å². The van der Waals surface area contributed by atoms with Gasteiger partial charge in [-0.1, -0.05) is 60.7 Å². The molecule has 1 aliphatic rings. The summed E-state index contributed by atoms with van der Waals surface area (Å²) in [5.74, 6) is 1.51. The van der Waals surface area contributed by atoms with E-state index in [1.807, 2.05) is 88.0 Å². The largest absolute Gasteiger partial charge is 0.444 e. The number of nitrogens with one attached hydrogen (secondary N) is 1. The van der Waals surface area contributed by atoms with E-state index in [9.17, 15) is 4.79 Å². The van der Waals surface area contributed by atoms with E-state index in [0.717, 1.165) is 16.9 Å². The normalized spacial score (nSPS) is 18.5. The van der Waals surface area contributed by atoms with E-state index in [-0.39, 0.29) is 24.2 Å². The molecule has 2 aromatic carbocycles. The van der Waals surface area contributed by atoms with E-state index < -0.39 is 5.60 Å². The molecule has 0 spiro atoms. The molecule has 1 saturated heterocycles. The molecule has 2 heterocycles. The van der Waals surface area contributed by atoms with Crippen molar-refractivity contribution in [3.05, 3.63) is 83.9 Å². The summed E-state index contributed by atoms with van der Waals surface area (Å²) in [4.78, 5) is 16.7. The molecular formula is C28H35N5O2. The number of hydrogen-bond acceptors (Lipinski definition) is 6. The lowest BCUT2D eigenvalue weighted by molar-refractivity contribution is 0.00560. The molecule has 4 rings (SSSR count). The molecule has 1 fully saturated rings. The van der Waals surface area contributed by atoms with Gasteiger partial charge in [0.05, 0.1) is 18.1 Å². The molecule has 0 unspecified atom stereocenters. The third-order valence-corrected chi connectivity index (χ3v) is 6.06. The van der Waals surface area contributed by atoms with Crippen LogP contribution in [0, 0.1) is 0 Å². The molecular weight excluding hydrogens is 438 g/mol. The van der Waals surface area contributed by atoms with Crippen molar-refractivity contribution in [2.75, 3.05) is 23.3 Å². The van der Waals surface area contributed by atoms with Crippen LogP contribution in [0.3, 0.4) is 0 Å². The molecule has 35 heavy (non-hydrogen) atoms. The topological polar surface area (TPSA) is 70.6 Å². The molecule has 1 aliphatic heterocycles. The molecule has 2 atom stereocenters. The summed E-state index contributed by atoms with van der Waals surface area (Å²) in [7, 11) is 0. The maximum atomic E-state index is 12.7. The number of rotatable bonds is 5. The second kappa shape index (κ2) is 10.3. The Bertz CT molecular complexity index is 1050. The number of anilines is 2. The van der Waals surface area contributed by atoms with Crippen molar-refractivity contribution in [3.63, 3.8) is 0 Å². The minimum Gasteiger partial charge on any atom is -0.444 e. The van der Waals surface area contributed by atoms with Crippen LogP contribution >= 0.6 is 0 Å². The maximum absolute atomic E-state index is 12.7. The number of ether oxygens (including phenoxy) is 1. The highest BCUT2D eigenvalue weighted by atomic mass is 16.6. The molecule has 0 saturated carbocycles. The smallest absolute Gasteiger partial charge is 0.410 e. The Morgan fingerprint density at radius 1 is 0.886 bits per heavy atom. The molecule has 184 valence electrons. The zero-order valence-electron chi connectivity index (χ0n) is 21.2. The van der Waals surface area contributed by atoms with Gasteiger partial charge >= 0.3 is 6.09 Å². The summed E-state index contributed by atoms with van der Waals surface area (Å²) in [5, 5.41) is 12.6. The standard InChI is InChI=1S/C28H35N5O2/c1-20-18-32(19-21(2)33(20)27(34)35-28(3,4)5)25-17-16-24(30-31-25)29-26(22-12-8-6-9-13-22)23-14-10-7-11-15-23/h6-17,20-21,26H,18-19H2,1-5H3,(H,29,30)/t20-,21+. The van der Waals surface area contributed by atoms with Crippen molar-refractivity contribution in [2.24, 2.45) is 0 Å². The average molecular weight is 474 g/mol. The highest BCUT2D eigenvalue weighted by Gasteiger charge is 2.36. The summed E-state index contributed by atoms with van der Waals surface area (Å²) in [6.07, 6.45) is -0.268. The molecule has 7 heteroatoms. The van der Waals surface area contributed by atoms with Crippen molar-refractivity contribution in [3.8, 4) is 0 Å². The lowest BCUT2D eigenvalue weighted by Gasteiger charge is -2.44. The Hall–Kier alpha value is -3.61. The molecule has 1 amide bonds. The first-order valence-corrected chi connectivity index (χ1v) is 12.2. The van der Waals surface area contributed by atoms with Gasteiger partial charge in [0.15, 0.2) is 5.82 Å². The number of piperazine rings is 1. The molecule has 1 aromatic heterocycles. The highest BCUT2D eigenvalue weighted by molar-refractivity contribution is 5.69. The Morgan fingerprint density at radius 2 is 1.43 bits per heavy atom. The van der Waals surface area contributed by atoms with Gasteiger partial charge in [-0.3, -0.25) is 4.90 Å². The van der Waals surface area contributed by atoms with Crippen LogP contribution in [-0.2, 0) is 4.74 Å². The number of hydrogen-bond donors (Lipinski definition) is 1. The number of carbonyl (C=O) groups excluding carboxylic acids is 1. The van der Waals surface area contributed by atoms with Gasteiger partial charge in [0.1, 0.15) is 11.4 Å². The minimum atomic E-state index is -0.515. The van der Waals surface area contributed by atoms with Gasteiger partial charge in [0.2, 0.25) is 0 Å². The molecule has 3 aromatic rings. The summed E-state index contributed by atoms with van der Waals surface area (Å²) >= 11 is 0. The van der Waals surface area contributed by atoms with Gasteiger partial charge in [0.25, 0.3) is 0 Å². The summed E-state index contributed by atoms with van der Waals surface area (Å²) in [5.41, 5.74) is 1.80. The quantitative estimate of drug-likeness (QED) is 0.527. The summed E-state index contributed by atoms with van der Waals surface area (Å²) in [6.45, 7) is 11.1. The van der Waals surface area contributed by atoms with E-state index >= 15 is 0 Å². The Labute approximate surface area is 208 Å². The van der Waals surface area contributed by atoms with Gasteiger partial charge in [-0.05, 0) is 57.9 Å². The number of amides is 1. The van der Waals surface area contributed by atoms with Gasteiger partial charge in [-0.25, -0.2) is 4.79 Å². The summed E-state index contributed by atoms with van der Waals surface area (Å²) in [6, 6.07) is 24.6. The van der Waals surface area contributed by atoms with Crippen LogP contribution in [0.1, 0.15) is 51.8 Å². The van der Waals surface area contributed by atoms with Crippen LogP contribution in [0.15, 0.2) is 72.8 Å². The number of carbonyl (C=O) groups is 1. The molecule has 0 bridgehead atoms. The zero-order valence-corrected chi connectivity index (χ0v) is 21.2. The average Bonchev–Trinajstić information content (AvgIpc) is 2.82. The van der Waals surface area contributed by atoms with Crippen molar-refractivity contribution < 1.29 is 9.53 Å². The van der Waals surface area contributed by atoms with Crippen LogP contribution in [0.25, 0.3) is 0 Å². The van der Waals surface area contributed by atoms with Crippen LogP contribution in [0.4, 0.5) is 16.4 Å². The molecule has 0 radical (unpaired) electrons. The van der Waals surface area contributed by atoms with Gasteiger partial charge in [0, 0.05) is 13.1 Å². The lowest BCUT2D eigenvalue weighted by atomic mass is 9.99. The Morgan fingerprint density at radius 3 is 1.89 bits per heavy atom. The van der Waals surface area contributed by atoms with Gasteiger partial charge in [-0.15, -0.1) is 10.2 Å². The molecule has 1 N–H and O–H groups in total. The Balaban J connectivity index is 1.46. The lowest BCUT2D eigenvalue weighted by Crippen LogP contribution is -2.59. The fourth-order valence-electron chi connectivity index (χ4n) is 4.55. The second-order valence-corrected chi connectivity index (χ2v) is 10.2. The fourth-order valence-corrected chi connectivity index (χ4v) is 4.55. The predicted octanol–water partition coefficient (Wildman–Crippen LogP) is 5.51. The van der Waals surface area contributed by atoms with E-state index in [0.29, 0.717) is 18.9 Å². The van der Waals surface area contributed by atoms with Gasteiger partial charge < -0.3 is 15.0 Å². The minimum absolute atomic E-state index is 0.00579. The first-order chi connectivity index (χ1) is 16.7. The van der Waals surface area contributed by atoms with E-state index in [4.69, 9.17) is 4.74 Å². The van der Waals surface area contributed by atoms with E-state index in [1.165, 1.54) is 0 Å². The third kappa shape index (κ3) is 6.10. The van der Waals surface area contributed by atoms with E-state index in [1.54, 1.807) is 0 Å². The Kier molecular flexibility index (Phi) is 7.24. The zero-order chi connectivity index (χ0) is 25.0. The first kappa shape index (κ1) is 24.5. The molecule has 7 nitrogen and oxygen atoms in total. The maximum Gasteiger partial charge on any atom is 0.410 e. The summed E-state index contributed by atoms with van der Waals surface area (Å²) < 4.78 is 5.62. The van der Waals surface area contributed by atoms with Crippen LogP contribution < -0.4 is 10.2 Å². The SMILES string of the molecule is C[C@@H]1CN(c2ccc(NC(c3ccccc3)c3ccccc3)nn2)C[C@H](C)N1C(=O)OC(C)(C)C. The van der Waals surface area contributed by atoms with Crippen molar-refractivity contribution in [2.45, 2.75) is 58.3 Å². The first-order valence-electron chi connectivity index (χ1n) is 12.2. The number of nitrogens with zero attached hydrogens (tertiary/aromatic N) is 4. The second-order valence-electron chi connectivity index (χ2n) is 10.2. The number of benzene rings is 2. The van der Waals surface area contributed by atoms with Crippen LogP contribution in [0.5, 0.6) is 0 Å².